The number of esters is 1. The molecule has 3 fully saturated rings. The van der Waals surface area contributed by atoms with Crippen LogP contribution < -0.4 is 0 Å². The van der Waals surface area contributed by atoms with E-state index in [-0.39, 0.29) is 17.5 Å². The molecule has 3 atom stereocenters. The van der Waals surface area contributed by atoms with E-state index in [1.165, 1.54) is 23.6 Å². The predicted octanol–water partition coefficient (Wildman–Crippen LogP) is 2.58. The number of rotatable bonds is 6. The Labute approximate surface area is 160 Å². The number of hydrogen-bond acceptors (Lipinski definition) is 5. The minimum absolute atomic E-state index is 0.117. The van der Waals surface area contributed by atoms with Gasteiger partial charge in [-0.15, -0.1) is 0 Å². The molecule has 2 bridgehead atoms. The Morgan fingerprint density at radius 1 is 1.19 bits per heavy atom. The van der Waals surface area contributed by atoms with Gasteiger partial charge < -0.3 is 9.47 Å². The third-order valence-corrected chi connectivity index (χ3v) is 8.11. The lowest BCUT2D eigenvalue weighted by Gasteiger charge is -2.26. The van der Waals surface area contributed by atoms with Gasteiger partial charge in [0, 0.05) is 19.5 Å². The van der Waals surface area contributed by atoms with Crippen molar-refractivity contribution in [3.63, 3.8) is 0 Å². The maximum absolute atomic E-state index is 12.7. The van der Waals surface area contributed by atoms with Crippen LogP contribution in [0.4, 0.5) is 0 Å². The average Bonchev–Trinajstić information content (AvgIpc) is 3.30. The molecule has 0 N–H and O–H groups in total. The molecule has 4 rings (SSSR count). The quantitative estimate of drug-likeness (QED) is 0.695. The van der Waals surface area contributed by atoms with Gasteiger partial charge in [-0.2, -0.15) is 4.31 Å². The molecule has 1 heterocycles. The minimum Gasteiger partial charge on any atom is -0.461 e. The van der Waals surface area contributed by atoms with Gasteiger partial charge in [0.25, 0.3) is 0 Å². The van der Waals surface area contributed by atoms with Crippen LogP contribution in [-0.2, 0) is 30.9 Å². The first-order chi connectivity index (χ1) is 13.0. The first-order valence-corrected chi connectivity index (χ1v) is 11.3. The second kappa shape index (κ2) is 7.89. The van der Waals surface area contributed by atoms with E-state index in [1.807, 2.05) is 0 Å². The number of fused-ring (bicyclic) bond motifs is 2. The van der Waals surface area contributed by atoms with Crippen LogP contribution in [0.25, 0.3) is 0 Å². The molecule has 2 saturated carbocycles. The van der Waals surface area contributed by atoms with Gasteiger partial charge in [-0.05, 0) is 54.7 Å². The summed E-state index contributed by atoms with van der Waals surface area (Å²) >= 11 is 0. The highest BCUT2D eigenvalue weighted by Crippen LogP contribution is 2.49. The van der Waals surface area contributed by atoms with E-state index in [0.29, 0.717) is 50.1 Å². The summed E-state index contributed by atoms with van der Waals surface area (Å²) in [6.45, 7) is 1.68. The van der Waals surface area contributed by atoms with E-state index in [0.717, 1.165) is 12.3 Å². The number of morpholine rings is 1. The van der Waals surface area contributed by atoms with Crippen LogP contribution >= 0.6 is 0 Å². The van der Waals surface area contributed by atoms with Crippen LogP contribution in [0.15, 0.2) is 29.2 Å². The molecule has 7 heteroatoms. The molecule has 148 valence electrons. The summed E-state index contributed by atoms with van der Waals surface area (Å²) < 4.78 is 37.6. The van der Waals surface area contributed by atoms with E-state index >= 15 is 0 Å². The molecule has 1 aromatic rings. The zero-order chi connectivity index (χ0) is 18.9. The number of sulfonamides is 1. The highest BCUT2D eigenvalue weighted by Gasteiger charge is 2.40. The molecule has 2 aliphatic carbocycles. The van der Waals surface area contributed by atoms with Crippen LogP contribution in [0.2, 0.25) is 0 Å². The van der Waals surface area contributed by atoms with Crippen molar-refractivity contribution >= 4 is 16.0 Å². The van der Waals surface area contributed by atoms with Crippen LogP contribution in [0, 0.1) is 17.8 Å². The first kappa shape index (κ1) is 18.9. The molecule has 27 heavy (non-hydrogen) atoms. The third-order valence-electron chi connectivity index (χ3n) is 6.22. The van der Waals surface area contributed by atoms with Crippen molar-refractivity contribution in [1.82, 2.24) is 4.31 Å². The minimum atomic E-state index is -3.53. The van der Waals surface area contributed by atoms with Gasteiger partial charge in [-0.3, -0.25) is 4.79 Å². The fourth-order valence-corrected chi connectivity index (χ4v) is 6.27. The molecule has 1 aliphatic heterocycles. The van der Waals surface area contributed by atoms with Crippen molar-refractivity contribution in [1.29, 1.82) is 0 Å². The molecule has 3 aliphatic rings. The van der Waals surface area contributed by atoms with Gasteiger partial charge in [0.15, 0.2) is 0 Å². The van der Waals surface area contributed by atoms with Crippen molar-refractivity contribution < 1.29 is 22.7 Å². The Hall–Kier alpha value is -1.44. The van der Waals surface area contributed by atoms with Crippen LogP contribution in [0.3, 0.4) is 0 Å². The molecular weight excluding hydrogens is 366 g/mol. The molecule has 0 amide bonds. The van der Waals surface area contributed by atoms with Crippen LogP contribution in [-0.4, -0.2) is 45.0 Å². The fourth-order valence-electron chi connectivity index (χ4n) is 4.80. The molecule has 6 nitrogen and oxygen atoms in total. The van der Waals surface area contributed by atoms with Crippen LogP contribution in [0.5, 0.6) is 0 Å². The Kier molecular flexibility index (Phi) is 5.53. The van der Waals surface area contributed by atoms with Crippen molar-refractivity contribution in [3.8, 4) is 0 Å². The lowest BCUT2D eigenvalue weighted by Crippen LogP contribution is -2.40. The zero-order valence-electron chi connectivity index (χ0n) is 15.5. The van der Waals surface area contributed by atoms with E-state index in [1.54, 1.807) is 24.3 Å². The molecule has 1 aromatic carbocycles. The Balaban J connectivity index is 1.34. The van der Waals surface area contributed by atoms with E-state index in [9.17, 15) is 13.2 Å². The number of hydrogen-bond donors (Lipinski definition) is 0. The standard InChI is InChI=1S/C20H27NO5S/c22-20(13-18-11-15-4-5-17(18)10-15)26-14-16-2-1-3-19(12-16)27(23,24)21-6-8-25-9-7-21/h1-3,12,15,17-18H,4-11,13-14H2/t15-,17-,18-/m1/s1. The lowest BCUT2D eigenvalue weighted by atomic mass is 9.86. The monoisotopic (exact) mass is 393 g/mol. The Morgan fingerprint density at radius 2 is 2.00 bits per heavy atom. The molecule has 0 radical (unpaired) electrons. The fraction of sp³-hybridized carbons (Fsp3) is 0.650. The zero-order valence-corrected chi connectivity index (χ0v) is 16.3. The summed E-state index contributed by atoms with van der Waals surface area (Å²) in [5.74, 6) is 1.82. The summed E-state index contributed by atoms with van der Waals surface area (Å²) in [7, 11) is -3.53. The number of benzene rings is 1. The van der Waals surface area contributed by atoms with Crippen LogP contribution in [0.1, 0.15) is 37.7 Å². The van der Waals surface area contributed by atoms with Gasteiger partial charge in [0.05, 0.1) is 18.1 Å². The topological polar surface area (TPSA) is 72.9 Å². The first-order valence-electron chi connectivity index (χ1n) is 9.85. The SMILES string of the molecule is O=C(C[C@H]1C[C@@H]2CC[C@@H]1C2)OCc1cccc(S(=O)(=O)N2CCOCC2)c1. The summed E-state index contributed by atoms with van der Waals surface area (Å²) in [5, 5.41) is 0. The summed E-state index contributed by atoms with van der Waals surface area (Å²) in [5.41, 5.74) is 0.700. The maximum atomic E-state index is 12.7. The molecule has 0 unspecified atom stereocenters. The van der Waals surface area contributed by atoms with Crippen molar-refractivity contribution in [3.05, 3.63) is 29.8 Å². The molecule has 0 aromatic heterocycles. The highest BCUT2D eigenvalue weighted by atomic mass is 32.2. The maximum Gasteiger partial charge on any atom is 0.306 e. The third kappa shape index (κ3) is 4.20. The summed E-state index contributed by atoms with van der Waals surface area (Å²) in [4.78, 5) is 12.5. The Morgan fingerprint density at radius 3 is 2.70 bits per heavy atom. The predicted molar refractivity (Wildman–Crippen MR) is 99.4 cm³/mol. The van der Waals surface area contributed by atoms with Gasteiger partial charge in [-0.1, -0.05) is 18.6 Å². The van der Waals surface area contributed by atoms with E-state index in [2.05, 4.69) is 0 Å². The lowest BCUT2D eigenvalue weighted by molar-refractivity contribution is -0.146. The number of carbonyl (C=O) groups is 1. The molecule has 0 spiro atoms. The normalized spacial score (nSPS) is 28.4. The summed E-state index contributed by atoms with van der Waals surface area (Å²) in [6, 6.07) is 6.69. The van der Waals surface area contributed by atoms with Gasteiger partial charge in [0.2, 0.25) is 10.0 Å². The number of ether oxygens (including phenoxy) is 2. The van der Waals surface area contributed by atoms with Gasteiger partial charge in [-0.25, -0.2) is 8.42 Å². The molecular formula is C20H27NO5S. The summed E-state index contributed by atoms with van der Waals surface area (Å²) in [6.07, 6.45) is 5.50. The molecule has 1 saturated heterocycles. The second-order valence-corrected chi connectivity index (χ2v) is 9.90. The average molecular weight is 394 g/mol. The van der Waals surface area contributed by atoms with Gasteiger partial charge >= 0.3 is 5.97 Å². The number of nitrogens with zero attached hydrogens (tertiary/aromatic N) is 1. The smallest absolute Gasteiger partial charge is 0.306 e. The second-order valence-electron chi connectivity index (χ2n) is 7.96. The van der Waals surface area contributed by atoms with Crippen molar-refractivity contribution in [2.45, 2.75) is 43.6 Å². The Bertz CT molecular complexity index is 787. The van der Waals surface area contributed by atoms with Crippen molar-refractivity contribution in [2.75, 3.05) is 26.3 Å². The van der Waals surface area contributed by atoms with Crippen molar-refractivity contribution in [2.24, 2.45) is 17.8 Å². The van der Waals surface area contributed by atoms with E-state index in [4.69, 9.17) is 9.47 Å². The number of carbonyl (C=O) groups excluding carboxylic acids is 1. The van der Waals surface area contributed by atoms with Gasteiger partial charge in [0.1, 0.15) is 6.61 Å². The largest absolute Gasteiger partial charge is 0.461 e. The van der Waals surface area contributed by atoms with E-state index < -0.39 is 10.0 Å². The highest BCUT2D eigenvalue weighted by molar-refractivity contribution is 7.89.